The lowest BCUT2D eigenvalue weighted by atomic mass is 9.59. The number of phenols is 1. The molecule has 0 heterocycles. The predicted molar refractivity (Wildman–Crippen MR) is 98.9 cm³/mol. The summed E-state index contributed by atoms with van der Waals surface area (Å²) in [5, 5.41) is 9.73. The zero-order valence-corrected chi connectivity index (χ0v) is 15.8. The lowest BCUT2D eigenvalue weighted by Gasteiger charge is -2.44. The molecule has 4 atom stereocenters. The first kappa shape index (κ1) is 18.4. The van der Waals surface area contributed by atoms with Crippen LogP contribution in [-0.4, -0.2) is 22.6 Å². The van der Waals surface area contributed by atoms with Gasteiger partial charge in [-0.25, -0.2) is 0 Å². The van der Waals surface area contributed by atoms with Crippen molar-refractivity contribution in [1.82, 2.24) is 0 Å². The zero-order valence-electron chi connectivity index (χ0n) is 15.1. The normalized spacial score (nSPS) is 31.8. The average Bonchev–Trinajstić information content (AvgIpc) is 2.91. The molecule has 25 heavy (non-hydrogen) atoms. The molecule has 4 heteroatoms. The third-order valence-corrected chi connectivity index (χ3v) is 6.95. The summed E-state index contributed by atoms with van der Waals surface area (Å²) in [5.74, 6) is 1.40. The number of aromatic hydroxyl groups is 1. The van der Waals surface area contributed by atoms with Crippen molar-refractivity contribution in [2.75, 3.05) is 5.88 Å². The Balaban J connectivity index is 1.77. The van der Waals surface area contributed by atoms with Crippen LogP contribution in [0.25, 0.3) is 0 Å². The SMILES string of the molecule is Cc1ccc(O)cc1CCC1CC(=O)CC2(C)C(C(=O)CCl)CCC12. The van der Waals surface area contributed by atoms with Gasteiger partial charge in [-0.2, -0.15) is 0 Å². The van der Waals surface area contributed by atoms with E-state index in [1.807, 2.05) is 12.1 Å². The predicted octanol–water partition coefficient (Wildman–Crippen LogP) is 4.45. The molecule has 1 N–H and O–H groups in total. The van der Waals surface area contributed by atoms with Gasteiger partial charge in [0, 0.05) is 18.8 Å². The van der Waals surface area contributed by atoms with Gasteiger partial charge in [0.05, 0.1) is 5.88 Å². The Morgan fingerprint density at radius 3 is 2.84 bits per heavy atom. The van der Waals surface area contributed by atoms with E-state index in [0.717, 1.165) is 31.2 Å². The van der Waals surface area contributed by atoms with Crippen LogP contribution >= 0.6 is 11.6 Å². The van der Waals surface area contributed by atoms with Crippen LogP contribution in [0.3, 0.4) is 0 Å². The molecule has 4 unspecified atom stereocenters. The Hall–Kier alpha value is -1.35. The van der Waals surface area contributed by atoms with Gasteiger partial charge in [-0.15, -0.1) is 11.6 Å². The van der Waals surface area contributed by atoms with Crippen molar-refractivity contribution in [3.05, 3.63) is 29.3 Å². The molecule has 3 rings (SSSR count). The van der Waals surface area contributed by atoms with E-state index in [9.17, 15) is 14.7 Å². The van der Waals surface area contributed by atoms with Gasteiger partial charge in [-0.1, -0.05) is 13.0 Å². The minimum Gasteiger partial charge on any atom is -0.508 e. The third-order valence-electron chi connectivity index (χ3n) is 6.68. The summed E-state index contributed by atoms with van der Waals surface area (Å²) in [5.41, 5.74) is 2.09. The molecule has 0 amide bonds. The van der Waals surface area contributed by atoms with Gasteiger partial charge >= 0.3 is 0 Å². The molecular weight excluding hydrogens is 336 g/mol. The molecule has 2 aliphatic rings. The zero-order chi connectivity index (χ0) is 18.2. The number of halogens is 1. The molecule has 136 valence electrons. The van der Waals surface area contributed by atoms with Crippen LogP contribution < -0.4 is 0 Å². The van der Waals surface area contributed by atoms with Gasteiger partial charge in [0.2, 0.25) is 0 Å². The minimum atomic E-state index is -0.222. The molecule has 0 saturated heterocycles. The van der Waals surface area contributed by atoms with Gasteiger partial charge in [-0.05, 0) is 73.1 Å². The highest BCUT2D eigenvalue weighted by Gasteiger charge is 2.54. The van der Waals surface area contributed by atoms with Gasteiger partial charge < -0.3 is 5.11 Å². The maximum absolute atomic E-state index is 12.4. The highest BCUT2D eigenvalue weighted by Crippen LogP contribution is 2.57. The number of carbonyl (C=O) groups is 2. The Labute approximate surface area is 154 Å². The number of Topliss-reactive ketones (excluding diaryl/α,β-unsaturated/α-hetero) is 2. The van der Waals surface area contributed by atoms with Crippen LogP contribution in [-0.2, 0) is 16.0 Å². The van der Waals surface area contributed by atoms with E-state index >= 15 is 0 Å². The summed E-state index contributed by atoms with van der Waals surface area (Å²) < 4.78 is 0. The molecule has 1 aromatic carbocycles. The molecule has 2 aliphatic carbocycles. The molecule has 0 aliphatic heterocycles. The van der Waals surface area contributed by atoms with Gasteiger partial charge in [0.25, 0.3) is 0 Å². The summed E-state index contributed by atoms with van der Waals surface area (Å²) in [6.07, 6.45) is 4.81. The minimum absolute atomic E-state index is 0.0499. The van der Waals surface area contributed by atoms with Gasteiger partial charge in [-0.3, -0.25) is 9.59 Å². The van der Waals surface area contributed by atoms with Crippen molar-refractivity contribution in [3.63, 3.8) is 0 Å². The lowest BCUT2D eigenvalue weighted by Crippen LogP contribution is -2.43. The highest BCUT2D eigenvalue weighted by molar-refractivity contribution is 6.28. The second kappa shape index (κ2) is 7.11. The quantitative estimate of drug-likeness (QED) is 0.787. The Kier molecular flexibility index (Phi) is 5.24. The topological polar surface area (TPSA) is 54.4 Å². The molecule has 2 fully saturated rings. The first-order valence-corrected chi connectivity index (χ1v) is 9.77. The van der Waals surface area contributed by atoms with Crippen LogP contribution in [0.2, 0.25) is 0 Å². The number of fused-ring (bicyclic) bond motifs is 1. The smallest absolute Gasteiger partial charge is 0.151 e. The third kappa shape index (κ3) is 3.48. The van der Waals surface area contributed by atoms with Gasteiger partial charge in [0.1, 0.15) is 11.5 Å². The summed E-state index contributed by atoms with van der Waals surface area (Å²) in [6.45, 7) is 4.18. The van der Waals surface area contributed by atoms with Crippen molar-refractivity contribution in [2.24, 2.45) is 23.2 Å². The number of ketones is 2. The van der Waals surface area contributed by atoms with Crippen molar-refractivity contribution in [1.29, 1.82) is 0 Å². The van der Waals surface area contributed by atoms with E-state index in [1.165, 1.54) is 5.56 Å². The Bertz CT molecular complexity index is 684. The van der Waals surface area contributed by atoms with E-state index in [-0.39, 0.29) is 28.8 Å². The summed E-state index contributed by atoms with van der Waals surface area (Å²) in [6, 6.07) is 5.47. The number of carbonyl (C=O) groups excluding carboxylic acids is 2. The number of alkyl halides is 1. The van der Waals surface area contributed by atoms with E-state index in [2.05, 4.69) is 13.8 Å². The number of phenolic OH excluding ortho intramolecular Hbond substituents is 1. The van der Waals surface area contributed by atoms with E-state index in [0.29, 0.717) is 30.4 Å². The van der Waals surface area contributed by atoms with Crippen molar-refractivity contribution in [2.45, 2.75) is 52.4 Å². The van der Waals surface area contributed by atoms with Crippen LogP contribution in [0.5, 0.6) is 5.75 Å². The number of hydrogen-bond acceptors (Lipinski definition) is 3. The Morgan fingerprint density at radius 1 is 1.36 bits per heavy atom. The van der Waals surface area contributed by atoms with Crippen LogP contribution in [0, 0.1) is 30.1 Å². The number of hydrogen-bond donors (Lipinski definition) is 1. The largest absolute Gasteiger partial charge is 0.508 e. The fraction of sp³-hybridized carbons (Fsp3) is 0.619. The Morgan fingerprint density at radius 2 is 2.12 bits per heavy atom. The molecule has 0 bridgehead atoms. The molecule has 3 nitrogen and oxygen atoms in total. The fourth-order valence-electron chi connectivity index (χ4n) is 5.42. The standard InChI is InChI=1S/C21H27ClO3/c1-13-3-6-16(23)9-14(13)4-5-15-10-17(24)11-21(2)18(15)7-8-19(21)20(25)12-22/h3,6,9,15,18-19,23H,4-5,7-8,10-12H2,1-2H3. The van der Waals surface area contributed by atoms with E-state index in [4.69, 9.17) is 11.6 Å². The summed E-state index contributed by atoms with van der Waals surface area (Å²) in [7, 11) is 0. The molecule has 0 aromatic heterocycles. The van der Waals surface area contributed by atoms with Crippen LogP contribution in [0.15, 0.2) is 18.2 Å². The maximum Gasteiger partial charge on any atom is 0.151 e. The number of benzene rings is 1. The van der Waals surface area contributed by atoms with Crippen molar-refractivity contribution >= 4 is 23.2 Å². The second-order valence-electron chi connectivity index (χ2n) is 8.17. The van der Waals surface area contributed by atoms with E-state index in [1.54, 1.807) is 6.07 Å². The number of aryl methyl sites for hydroxylation is 2. The molecular formula is C21H27ClO3. The van der Waals surface area contributed by atoms with E-state index < -0.39 is 0 Å². The fourth-order valence-corrected chi connectivity index (χ4v) is 5.60. The molecule has 0 spiro atoms. The number of rotatable bonds is 5. The second-order valence-corrected chi connectivity index (χ2v) is 8.44. The van der Waals surface area contributed by atoms with Crippen molar-refractivity contribution < 1.29 is 14.7 Å². The lowest BCUT2D eigenvalue weighted by molar-refractivity contribution is -0.133. The first-order chi connectivity index (χ1) is 11.8. The summed E-state index contributed by atoms with van der Waals surface area (Å²) in [4.78, 5) is 24.7. The highest BCUT2D eigenvalue weighted by atomic mass is 35.5. The van der Waals surface area contributed by atoms with Crippen LogP contribution in [0.4, 0.5) is 0 Å². The van der Waals surface area contributed by atoms with Gasteiger partial charge in [0.15, 0.2) is 5.78 Å². The van der Waals surface area contributed by atoms with Crippen molar-refractivity contribution in [3.8, 4) is 5.75 Å². The summed E-state index contributed by atoms with van der Waals surface area (Å²) >= 11 is 5.81. The maximum atomic E-state index is 12.4. The molecule has 1 aromatic rings. The molecule has 2 saturated carbocycles. The monoisotopic (exact) mass is 362 g/mol. The van der Waals surface area contributed by atoms with Crippen LogP contribution in [0.1, 0.15) is 50.2 Å². The molecule has 0 radical (unpaired) electrons. The average molecular weight is 363 g/mol. The first-order valence-electron chi connectivity index (χ1n) is 9.24.